The number of aromatic nitrogens is 2. The van der Waals surface area contributed by atoms with Crippen molar-refractivity contribution in [1.82, 2.24) is 15.1 Å². The minimum Gasteiger partial charge on any atom is -0.454 e. The Bertz CT molecular complexity index is 565. The molecule has 0 spiro atoms. The van der Waals surface area contributed by atoms with Crippen molar-refractivity contribution < 1.29 is 19.4 Å². The topological polar surface area (TPSA) is 101 Å². The third kappa shape index (κ3) is 3.50. The molecule has 0 aliphatic heterocycles. The molecule has 21 heavy (non-hydrogen) atoms. The Labute approximate surface area is 122 Å². The molecule has 2 rings (SSSR count). The van der Waals surface area contributed by atoms with Gasteiger partial charge in [0.2, 0.25) is 0 Å². The van der Waals surface area contributed by atoms with Crippen LogP contribution in [0, 0.1) is 0 Å². The van der Waals surface area contributed by atoms with Crippen LogP contribution in [0.15, 0.2) is 35.0 Å². The van der Waals surface area contributed by atoms with Crippen LogP contribution in [0.5, 0.6) is 0 Å². The molecule has 2 aromatic heterocycles. The van der Waals surface area contributed by atoms with Gasteiger partial charge in [-0.05, 0) is 24.6 Å². The second kappa shape index (κ2) is 6.55. The maximum Gasteiger partial charge on any atom is 0.287 e. The molecular formula is C14H19N3O4. The normalized spacial score (nSPS) is 11.6. The number of rotatable bonds is 7. The standard InChI is InChI=1S/C14H19N3O4/c1-2-14(9-18,10-19)16-13(20)12-5-4-11(21-12)8-17-7-3-6-15-17/h3-7,18-19H,2,8-10H2,1H3,(H,16,20). The van der Waals surface area contributed by atoms with E-state index in [4.69, 9.17) is 4.42 Å². The zero-order valence-electron chi connectivity index (χ0n) is 11.8. The highest BCUT2D eigenvalue weighted by atomic mass is 16.4. The Hall–Kier alpha value is -2.12. The Kier molecular flexibility index (Phi) is 4.77. The smallest absolute Gasteiger partial charge is 0.287 e. The third-order valence-electron chi connectivity index (χ3n) is 3.42. The van der Waals surface area contributed by atoms with Crippen LogP contribution in [0.1, 0.15) is 29.7 Å². The summed E-state index contributed by atoms with van der Waals surface area (Å²) < 4.78 is 7.14. The quantitative estimate of drug-likeness (QED) is 0.685. The van der Waals surface area contributed by atoms with Crippen LogP contribution in [0.4, 0.5) is 0 Å². The molecule has 0 fully saturated rings. The molecule has 2 heterocycles. The van der Waals surface area contributed by atoms with E-state index in [1.807, 2.05) is 0 Å². The lowest BCUT2D eigenvalue weighted by atomic mass is 9.98. The van der Waals surface area contributed by atoms with Crippen molar-refractivity contribution in [2.24, 2.45) is 0 Å². The average molecular weight is 293 g/mol. The number of carbonyl (C=O) groups is 1. The molecule has 0 unspecified atom stereocenters. The molecule has 0 saturated carbocycles. The Morgan fingerprint density at radius 2 is 2.19 bits per heavy atom. The predicted molar refractivity (Wildman–Crippen MR) is 74.7 cm³/mol. The van der Waals surface area contributed by atoms with Gasteiger partial charge in [-0.25, -0.2) is 0 Å². The van der Waals surface area contributed by atoms with Crippen molar-refractivity contribution >= 4 is 5.91 Å². The van der Waals surface area contributed by atoms with E-state index in [1.165, 1.54) is 0 Å². The fraction of sp³-hybridized carbons (Fsp3) is 0.429. The fourth-order valence-electron chi connectivity index (χ4n) is 1.88. The third-order valence-corrected chi connectivity index (χ3v) is 3.42. The largest absolute Gasteiger partial charge is 0.454 e. The van der Waals surface area contributed by atoms with Gasteiger partial charge in [-0.1, -0.05) is 6.92 Å². The molecule has 0 bridgehead atoms. The molecule has 7 heteroatoms. The zero-order chi connectivity index (χ0) is 15.3. The maximum atomic E-state index is 12.1. The highest BCUT2D eigenvalue weighted by molar-refractivity contribution is 5.92. The van der Waals surface area contributed by atoms with Gasteiger partial charge in [-0.2, -0.15) is 5.10 Å². The molecule has 3 N–H and O–H groups in total. The van der Waals surface area contributed by atoms with Crippen molar-refractivity contribution in [3.05, 3.63) is 42.1 Å². The number of hydrogen-bond donors (Lipinski definition) is 3. The Balaban J connectivity index is 2.05. The summed E-state index contributed by atoms with van der Waals surface area (Å²) in [6, 6.07) is 5.06. The molecule has 0 aromatic carbocycles. The van der Waals surface area contributed by atoms with Crippen LogP contribution in [0.3, 0.4) is 0 Å². The first-order chi connectivity index (χ1) is 10.1. The lowest BCUT2D eigenvalue weighted by Crippen LogP contribution is -2.53. The van der Waals surface area contributed by atoms with E-state index in [0.717, 1.165) is 0 Å². The lowest BCUT2D eigenvalue weighted by Gasteiger charge is -2.29. The van der Waals surface area contributed by atoms with Crippen molar-refractivity contribution in [3.8, 4) is 0 Å². The summed E-state index contributed by atoms with van der Waals surface area (Å²) in [4.78, 5) is 12.1. The van der Waals surface area contributed by atoms with Crippen LogP contribution in [-0.2, 0) is 6.54 Å². The van der Waals surface area contributed by atoms with Gasteiger partial charge in [0.15, 0.2) is 5.76 Å². The van der Waals surface area contributed by atoms with Crippen molar-refractivity contribution in [3.63, 3.8) is 0 Å². The summed E-state index contributed by atoms with van der Waals surface area (Å²) in [7, 11) is 0. The summed E-state index contributed by atoms with van der Waals surface area (Å²) in [5.74, 6) is 0.266. The van der Waals surface area contributed by atoms with E-state index >= 15 is 0 Å². The van der Waals surface area contributed by atoms with Gasteiger partial charge in [0.1, 0.15) is 5.76 Å². The predicted octanol–water partition coefficient (Wildman–Crippen LogP) is 0.388. The minimum atomic E-state index is -1.04. The van der Waals surface area contributed by atoms with E-state index in [-0.39, 0.29) is 19.0 Å². The van der Waals surface area contributed by atoms with Crippen LogP contribution >= 0.6 is 0 Å². The SMILES string of the molecule is CCC(CO)(CO)NC(=O)c1ccc(Cn2cccn2)o1. The molecule has 2 aromatic rings. The second-order valence-corrected chi connectivity index (χ2v) is 4.87. The van der Waals surface area contributed by atoms with Crippen molar-refractivity contribution in [2.45, 2.75) is 25.4 Å². The Morgan fingerprint density at radius 3 is 2.76 bits per heavy atom. The number of furan rings is 1. The Morgan fingerprint density at radius 1 is 1.43 bits per heavy atom. The van der Waals surface area contributed by atoms with Gasteiger partial charge in [0.25, 0.3) is 5.91 Å². The zero-order valence-corrected chi connectivity index (χ0v) is 11.8. The lowest BCUT2D eigenvalue weighted by molar-refractivity contribution is 0.0631. The van der Waals surface area contributed by atoms with Crippen LogP contribution < -0.4 is 5.32 Å². The summed E-state index contributed by atoms with van der Waals surface area (Å²) in [5.41, 5.74) is -1.04. The van der Waals surface area contributed by atoms with E-state index in [9.17, 15) is 15.0 Å². The van der Waals surface area contributed by atoms with Crippen LogP contribution in [0.25, 0.3) is 0 Å². The van der Waals surface area contributed by atoms with Crippen molar-refractivity contribution in [1.29, 1.82) is 0 Å². The van der Waals surface area contributed by atoms with Crippen LogP contribution in [-0.4, -0.2) is 44.7 Å². The molecule has 7 nitrogen and oxygen atoms in total. The number of amides is 1. The maximum absolute atomic E-state index is 12.1. The summed E-state index contributed by atoms with van der Waals surface area (Å²) in [6.07, 6.45) is 3.86. The first-order valence-electron chi connectivity index (χ1n) is 6.73. The monoisotopic (exact) mass is 293 g/mol. The van der Waals surface area contributed by atoms with Gasteiger partial charge in [0.05, 0.1) is 25.3 Å². The van der Waals surface area contributed by atoms with E-state index in [0.29, 0.717) is 18.7 Å². The highest BCUT2D eigenvalue weighted by Crippen LogP contribution is 2.13. The van der Waals surface area contributed by atoms with E-state index in [2.05, 4.69) is 10.4 Å². The number of nitrogens with zero attached hydrogens (tertiary/aromatic N) is 2. The first kappa shape index (κ1) is 15.3. The molecule has 114 valence electrons. The van der Waals surface area contributed by atoms with E-state index in [1.54, 1.807) is 42.2 Å². The van der Waals surface area contributed by atoms with Gasteiger partial charge < -0.3 is 19.9 Å². The molecule has 0 saturated heterocycles. The molecule has 0 radical (unpaired) electrons. The summed E-state index contributed by atoms with van der Waals surface area (Å²) in [5, 5.41) is 25.3. The number of aliphatic hydroxyl groups excluding tert-OH is 2. The van der Waals surface area contributed by atoms with Gasteiger partial charge in [-0.3, -0.25) is 9.48 Å². The number of nitrogens with one attached hydrogen (secondary N) is 1. The van der Waals surface area contributed by atoms with Gasteiger partial charge >= 0.3 is 0 Å². The molecular weight excluding hydrogens is 274 g/mol. The first-order valence-corrected chi connectivity index (χ1v) is 6.73. The number of carbonyl (C=O) groups excluding carboxylic acids is 1. The molecule has 1 amide bonds. The van der Waals surface area contributed by atoms with Crippen molar-refractivity contribution in [2.75, 3.05) is 13.2 Å². The summed E-state index contributed by atoms with van der Waals surface area (Å²) >= 11 is 0. The van der Waals surface area contributed by atoms with Gasteiger partial charge in [-0.15, -0.1) is 0 Å². The molecule has 0 aliphatic rings. The molecule has 0 aliphatic carbocycles. The van der Waals surface area contributed by atoms with E-state index < -0.39 is 11.4 Å². The van der Waals surface area contributed by atoms with Gasteiger partial charge in [0, 0.05) is 12.4 Å². The second-order valence-electron chi connectivity index (χ2n) is 4.87. The molecule has 0 atom stereocenters. The number of hydrogen-bond acceptors (Lipinski definition) is 5. The fourth-order valence-corrected chi connectivity index (χ4v) is 1.88. The van der Waals surface area contributed by atoms with Crippen LogP contribution in [0.2, 0.25) is 0 Å². The minimum absolute atomic E-state index is 0.136. The average Bonchev–Trinajstić information content (AvgIpc) is 3.17. The highest BCUT2D eigenvalue weighted by Gasteiger charge is 2.29. The summed E-state index contributed by atoms with van der Waals surface area (Å²) in [6.45, 7) is 1.52. The number of aliphatic hydroxyl groups is 2.